The average molecular weight is 223 g/mol. The van der Waals surface area contributed by atoms with Crippen LogP contribution in [-0.2, 0) is 9.47 Å². The molecule has 0 heterocycles. The van der Waals surface area contributed by atoms with Crippen LogP contribution in [0, 0.1) is 6.92 Å². The topological polar surface area (TPSA) is 78.6 Å². The summed E-state index contributed by atoms with van der Waals surface area (Å²) in [7, 11) is 0. The summed E-state index contributed by atoms with van der Waals surface area (Å²) in [6, 6.07) is 4.91. The lowest BCUT2D eigenvalue weighted by Crippen LogP contribution is -2.15. The molecular weight excluding hydrogens is 210 g/mol. The van der Waals surface area contributed by atoms with Crippen LogP contribution in [0.3, 0.4) is 0 Å². The lowest BCUT2D eigenvalue weighted by Gasteiger charge is -2.06. The number of rotatable bonds is 2. The molecule has 2 N–H and O–H groups in total. The number of hydrogen-bond acceptors (Lipinski definition) is 5. The Morgan fingerprint density at radius 2 is 2.06 bits per heavy atom. The minimum absolute atomic E-state index is 0.148. The maximum atomic E-state index is 11.5. The van der Waals surface area contributed by atoms with Gasteiger partial charge in [0.2, 0.25) is 0 Å². The third-order valence-electron chi connectivity index (χ3n) is 1.98. The van der Waals surface area contributed by atoms with Gasteiger partial charge in [0.05, 0.1) is 12.2 Å². The Bertz CT molecular complexity index is 414. The number of benzene rings is 1. The number of ether oxygens (including phenoxy) is 2. The van der Waals surface area contributed by atoms with E-state index in [-0.39, 0.29) is 12.2 Å². The maximum absolute atomic E-state index is 11.5. The highest BCUT2D eigenvalue weighted by molar-refractivity contribution is 6.00. The molecule has 16 heavy (non-hydrogen) atoms. The molecule has 0 aliphatic carbocycles. The van der Waals surface area contributed by atoms with E-state index in [4.69, 9.17) is 5.73 Å². The van der Waals surface area contributed by atoms with Crippen LogP contribution < -0.4 is 5.73 Å². The summed E-state index contributed by atoms with van der Waals surface area (Å²) >= 11 is 0. The van der Waals surface area contributed by atoms with Crippen molar-refractivity contribution in [2.24, 2.45) is 0 Å². The molecule has 0 saturated carbocycles. The number of nitrogen functional groups attached to an aromatic ring is 1. The SMILES string of the molecule is CCOC(=O)OC(=O)c1cccc(C)c1N. The Morgan fingerprint density at radius 3 is 2.69 bits per heavy atom. The Morgan fingerprint density at radius 1 is 1.38 bits per heavy atom. The molecule has 86 valence electrons. The van der Waals surface area contributed by atoms with Crippen LogP contribution >= 0.6 is 0 Å². The van der Waals surface area contributed by atoms with Crippen molar-refractivity contribution in [3.63, 3.8) is 0 Å². The van der Waals surface area contributed by atoms with Gasteiger partial charge in [0, 0.05) is 5.69 Å². The van der Waals surface area contributed by atoms with E-state index in [9.17, 15) is 9.59 Å². The van der Waals surface area contributed by atoms with E-state index in [1.54, 1.807) is 26.0 Å². The van der Waals surface area contributed by atoms with Gasteiger partial charge in [-0.05, 0) is 25.5 Å². The number of carbonyl (C=O) groups excluding carboxylic acids is 2. The predicted octanol–water partition coefficient (Wildman–Crippen LogP) is 1.89. The zero-order valence-electron chi connectivity index (χ0n) is 9.15. The van der Waals surface area contributed by atoms with Gasteiger partial charge in [0.15, 0.2) is 0 Å². The van der Waals surface area contributed by atoms with Gasteiger partial charge < -0.3 is 15.2 Å². The molecule has 0 fully saturated rings. The van der Waals surface area contributed by atoms with Crippen molar-refractivity contribution in [2.75, 3.05) is 12.3 Å². The molecule has 0 amide bonds. The first-order chi connectivity index (χ1) is 7.56. The Kier molecular flexibility index (Phi) is 3.88. The van der Waals surface area contributed by atoms with Gasteiger partial charge in [0.1, 0.15) is 0 Å². The second kappa shape index (κ2) is 5.16. The van der Waals surface area contributed by atoms with Crippen molar-refractivity contribution in [2.45, 2.75) is 13.8 Å². The van der Waals surface area contributed by atoms with Gasteiger partial charge in [-0.25, -0.2) is 9.59 Å². The number of esters is 1. The molecule has 0 aliphatic rings. The van der Waals surface area contributed by atoms with E-state index in [2.05, 4.69) is 9.47 Å². The van der Waals surface area contributed by atoms with E-state index in [1.807, 2.05) is 0 Å². The first-order valence-corrected chi connectivity index (χ1v) is 4.80. The molecule has 1 aromatic rings. The molecule has 0 saturated heterocycles. The standard InChI is InChI=1S/C11H13NO4/c1-3-15-11(14)16-10(13)8-6-4-5-7(2)9(8)12/h4-6H,3,12H2,1-2H3. The fourth-order valence-corrected chi connectivity index (χ4v) is 1.14. The summed E-state index contributed by atoms with van der Waals surface area (Å²) in [5.41, 5.74) is 6.89. The van der Waals surface area contributed by atoms with Crippen LogP contribution in [0.2, 0.25) is 0 Å². The van der Waals surface area contributed by atoms with E-state index in [0.29, 0.717) is 5.69 Å². The Labute approximate surface area is 93.1 Å². The highest BCUT2D eigenvalue weighted by atomic mass is 16.7. The zero-order valence-corrected chi connectivity index (χ0v) is 9.15. The third-order valence-corrected chi connectivity index (χ3v) is 1.98. The van der Waals surface area contributed by atoms with E-state index < -0.39 is 12.1 Å². The van der Waals surface area contributed by atoms with E-state index in [1.165, 1.54) is 6.07 Å². The minimum atomic E-state index is -1.02. The van der Waals surface area contributed by atoms with Gasteiger partial charge in [-0.2, -0.15) is 0 Å². The number of hydrogen-bond donors (Lipinski definition) is 1. The van der Waals surface area contributed by atoms with Gasteiger partial charge >= 0.3 is 12.1 Å². The lowest BCUT2D eigenvalue weighted by molar-refractivity contribution is 0.0402. The summed E-state index contributed by atoms with van der Waals surface area (Å²) in [5.74, 6) is -0.806. The number of nitrogens with two attached hydrogens (primary N) is 1. The molecule has 1 rings (SSSR count). The largest absolute Gasteiger partial charge is 0.516 e. The maximum Gasteiger partial charge on any atom is 0.516 e. The first kappa shape index (κ1) is 12.0. The first-order valence-electron chi connectivity index (χ1n) is 4.80. The van der Waals surface area contributed by atoms with Gasteiger partial charge in [-0.3, -0.25) is 0 Å². The fourth-order valence-electron chi connectivity index (χ4n) is 1.14. The van der Waals surface area contributed by atoms with Crippen molar-refractivity contribution < 1.29 is 19.1 Å². The van der Waals surface area contributed by atoms with E-state index in [0.717, 1.165) is 5.56 Å². The molecule has 0 unspecified atom stereocenters. The molecule has 0 radical (unpaired) electrons. The van der Waals surface area contributed by atoms with E-state index >= 15 is 0 Å². The highest BCUT2D eigenvalue weighted by Crippen LogP contribution is 2.17. The normalized spacial score (nSPS) is 9.62. The molecular formula is C11H13NO4. The molecule has 5 nitrogen and oxygen atoms in total. The van der Waals surface area contributed by atoms with Crippen LogP contribution in [0.15, 0.2) is 18.2 Å². The molecule has 0 atom stereocenters. The van der Waals surface area contributed by atoms with Crippen molar-refractivity contribution in [3.05, 3.63) is 29.3 Å². The highest BCUT2D eigenvalue weighted by Gasteiger charge is 2.16. The van der Waals surface area contributed by atoms with Crippen LogP contribution in [0.5, 0.6) is 0 Å². The molecule has 0 spiro atoms. The van der Waals surface area contributed by atoms with Crippen LogP contribution in [0.25, 0.3) is 0 Å². The van der Waals surface area contributed by atoms with Gasteiger partial charge in [0.25, 0.3) is 0 Å². The second-order valence-corrected chi connectivity index (χ2v) is 3.11. The smallest absolute Gasteiger partial charge is 0.434 e. The molecule has 0 aliphatic heterocycles. The van der Waals surface area contributed by atoms with Crippen LogP contribution in [0.4, 0.5) is 10.5 Å². The predicted molar refractivity (Wildman–Crippen MR) is 58.0 cm³/mol. The molecule has 1 aromatic carbocycles. The molecule has 0 bridgehead atoms. The summed E-state index contributed by atoms with van der Waals surface area (Å²) in [4.78, 5) is 22.4. The summed E-state index contributed by atoms with van der Waals surface area (Å²) in [6.07, 6.45) is -1.02. The van der Waals surface area contributed by atoms with Crippen LogP contribution in [0.1, 0.15) is 22.8 Å². The van der Waals surface area contributed by atoms with Crippen molar-refractivity contribution in [3.8, 4) is 0 Å². The minimum Gasteiger partial charge on any atom is -0.434 e. The zero-order chi connectivity index (χ0) is 12.1. The fraction of sp³-hybridized carbons (Fsp3) is 0.273. The van der Waals surface area contributed by atoms with Crippen molar-refractivity contribution in [1.82, 2.24) is 0 Å². The quantitative estimate of drug-likeness (QED) is 0.470. The van der Waals surface area contributed by atoms with Crippen molar-refractivity contribution >= 4 is 17.8 Å². The Balaban J connectivity index is 2.81. The average Bonchev–Trinajstić information content (AvgIpc) is 2.22. The Hall–Kier alpha value is -2.04. The lowest BCUT2D eigenvalue weighted by atomic mass is 10.1. The van der Waals surface area contributed by atoms with Crippen molar-refractivity contribution in [1.29, 1.82) is 0 Å². The number of para-hydroxylation sites is 1. The summed E-state index contributed by atoms with van der Waals surface area (Å²) in [6.45, 7) is 3.53. The third kappa shape index (κ3) is 2.73. The summed E-state index contributed by atoms with van der Waals surface area (Å²) < 4.78 is 8.91. The van der Waals surface area contributed by atoms with Crippen LogP contribution in [-0.4, -0.2) is 18.7 Å². The molecule has 0 aromatic heterocycles. The number of aryl methyl sites for hydroxylation is 1. The van der Waals surface area contributed by atoms with Gasteiger partial charge in [-0.1, -0.05) is 12.1 Å². The molecule has 5 heteroatoms. The number of anilines is 1. The second-order valence-electron chi connectivity index (χ2n) is 3.11. The summed E-state index contributed by atoms with van der Waals surface area (Å²) in [5, 5.41) is 0. The van der Waals surface area contributed by atoms with Gasteiger partial charge in [-0.15, -0.1) is 0 Å². The monoisotopic (exact) mass is 223 g/mol. The number of carbonyl (C=O) groups is 2.